The lowest BCUT2D eigenvalue weighted by Crippen LogP contribution is -2.62. The van der Waals surface area contributed by atoms with E-state index in [2.05, 4.69) is 19.2 Å². The van der Waals surface area contributed by atoms with E-state index in [0.717, 1.165) is 5.56 Å². The van der Waals surface area contributed by atoms with Crippen LogP contribution < -0.4 is 5.32 Å². The molecule has 3 heterocycles. The Morgan fingerprint density at radius 3 is 2.55 bits per heavy atom. The molecule has 2 N–H and O–H groups in total. The molecule has 38 heavy (non-hydrogen) atoms. The van der Waals surface area contributed by atoms with Crippen LogP contribution >= 0.6 is 0 Å². The van der Waals surface area contributed by atoms with E-state index in [1.165, 1.54) is 13.8 Å². The number of nitrogens with one attached hydrogen (secondary N) is 1. The number of Topliss-reactive ketones (excluding diaryl/α,β-unsaturated/α-hetero) is 1. The van der Waals surface area contributed by atoms with E-state index < -0.39 is 52.7 Å². The third-order valence-electron chi connectivity index (χ3n) is 10.1. The van der Waals surface area contributed by atoms with Crippen molar-refractivity contribution in [2.45, 2.75) is 89.1 Å². The Hall–Kier alpha value is -2.55. The van der Waals surface area contributed by atoms with Crippen LogP contribution in [0, 0.1) is 29.1 Å². The van der Waals surface area contributed by atoms with Crippen LogP contribution in [0.3, 0.4) is 0 Å². The molecule has 0 aromatic heterocycles. The lowest BCUT2D eigenvalue weighted by Gasteiger charge is -2.49. The highest BCUT2D eigenvalue weighted by atomic mass is 16.6. The van der Waals surface area contributed by atoms with Crippen LogP contribution in [0.1, 0.15) is 46.6 Å². The maximum absolute atomic E-state index is 14.4. The summed E-state index contributed by atoms with van der Waals surface area (Å²) >= 11 is 0. The summed E-state index contributed by atoms with van der Waals surface area (Å²) in [5.74, 6) is -2.18. The number of ketones is 1. The Balaban J connectivity index is 1.52. The van der Waals surface area contributed by atoms with Crippen molar-refractivity contribution < 1.29 is 33.7 Å². The Morgan fingerprint density at radius 1 is 1.16 bits per heavy atom. The molecule has 1 saturated carbocycles. The molecule has 8 heteroatoms. The number of hydrogen-bond acceptors (Lipinski definition) is 7. The van der Waals surface area contributed by atoms with Gasteiger partial charge in [-0.2, -0.15) is 0 Å². The van der Waals surface area contributed by atoms with Gasteiger partial charge in [-0.25, -0.2) is 0 Å². The van der Waals surface area contributed by atoms with Gasteiger partial charge in [-0.3, -0.25) is 14.4 Å². The molecule has 1 aromatic carbocycles. The number of epoxide rings is 2. The van der Waals surface area contributed by atoms with Gasteiger partial charge in [0.1, 0.15) is 29.3 Å². The number of ether oxygens (including phenoxy) is 3. The first-order valence-electron chi connectivity index (χ1n) is 13.7. The molecule has 3 aliphatic heterocycles. The fourth-order valence-electron chi connectivity index (χ4n) is 8.06. The van der Waals surface area contributed by atoms with E-state index in [1.54, 1.807) is 6.92 Å². The van der Waals surface area contributed by atoms with Gasteiger partial charge in [0.05, 0.1) is 11.7 Å². The van der Waals surface area contributed by atoms with Crippen LogP contribution in [0.25, 0.3) is 0 Å². The van der Waals surface area contributed by atoms with E-state index in [-0.39, 0.29) is 35.7 Å². The predicted octanol–water partition coefficient (Wildman–Crippen LogP) is 2.37. The van der Waals surface area contributed by atoms with Gasteiger partial charge in [0.2, 0.25) is 5.91 Å². The van der Waals surface area contributed by atoms with Gasteiger partial charge in [-0.05, 0) is 38.2 Å². The number of fused-ring (bicyclic) bond motifs is 3. The average molecular weight is 524 g/mol. The maximum atomic E-state index is 14.4. The number of allylic oxidation sites excluding steroid dienone is 1. The third kappa shape index (κ3) is 3.49. The molecule has 2 aliphatic carbocycles. The number of carbonyl (C=O) groups excluding carboxylic acids is 3. The first-order chi connectivity index (χ1) is 17.9. The lowest BCUT2D eigenvalue weighted by atomic mass is 9.50. The largest absolute Gasteiger partial charge is 0.458 e. The smallest absolute Gasteiger partial charge is 0.303 e. The van der Waals surface area contributed by atoms with Crippen LogP contribution in [0.2, 0.25) is 0 Å². The van der Waals surface area contributed by atoms with Crippen molar-refractivity contribution in [3.63, 3.8) is 0 Å². The average Bonchev–Trinajstić information content (AvgIpc) is 3.77. The summed E-state index contributed by atoms with van der Waals surface area (Å²) in [6.07, 6.45) is 2.06. The molecule has 3 saturated heterocycles. The van der Waals surface area contributed by atoms with E-state index in [4.69, 9.17) is 14.2 Å². The zero-order valence-corrected chi connectivity index (χ0v) is 22.5. The zero-order chi connectivity index (χ0) is 27.2. The Kier molecular flexibility index (Phi) is 5.73. The molecule has 4 fully saturated rings. The minimum Gasteiger partial charge on any atom is -0.458 e. The molecular weight excluding hydrogens is 486 g/mol. The first-order valence-corrected chi connectivity index (χ1v) is 13.7. The number of carbonyl (C=O) groups is 3. The van der Waals surface area contributed by atoms with Crippen LogP contribution in [-0.4, -0.2) is 64.4 Å². The molecule has 0 bridgehead atoms. The van der Waals surface area contributed by atoms with Crippen molar-refractivity contribution in [1.29, 1.82) is 0 Å². The molecule has 1 aromatic rings. The minimum absolute atomic E-state index is 0.0359. The molecule has 8 nitrogen and oxygen atoms in total. The molecule has 5 aliphatic rings. The van der Waals surface area contributed by atoms with Crippen molar-refractivity contribution in [1.82, 2.24) is 5.32 Å². The van der Waals surface area contributed by atoms with Gasteiger partial charge in [0, 0.05) is 30.7 Å². The second-order valence-electron chi connectivity index (χ2n) is 12.4. The molecule has 0 radical (unpaired) electrons. The van der Waals surface area contributed by atoms with Gasteiger partial charge in [0.15, 0.2) is 5.78 Å². The highest BCUT2D eigenvalue weighted by Crippen LogP contribution is 2.68. The fourth-order valence-corrected chi connectivity index (χ4v) is 8.06. The quantitative estimate of drug-likeness (QED) is 0.355. The van der Waals surface area contributed by atoms with Crippen LogP contribution in [0.15, 0.2) is 42.5 Å². The molecule has 204 valence electrons. The van der Waals surface area contributed by atoms with Gasteiger partial charge in [-0.15, -0.1) is 0 Å². The monoisotopic (exact) mass is 523 g/mol. The summed E-state index contributed by atoms with van der Waals surface area (Å²) < 4.78 is 18.4. The highest BCUT2D eigenvalue weighted by molar-refractivity contribution is 5.91. The van der Waals surface area contributed by atoms with E-state index in [9.17, 15) is 19.5 Å². The number of hydrogen-bond donors (Lipinski definition) is 2. The zero-order valence-electron chi connectivity index (χ0n) is 22.5. The maximum Gasteiger partial charge on any atom is 0.303 e. The molecule has 0 unspecified atom stereocenters. The lowest BCUT2D eigenvalue weighted by molar-refractivity contribution is -0.171. The van der Waals surface area contributed by atoms with Crippen LogP contribution in [-0.2, 0) is 35.0 Å². The summed E-state index contributed by atoms with van der Waals surface area (Å²) in [5, 5.41) is 14.6. The SMILES string of the molecule is CC(=O)O[C@@H]1[C@@H]2O[C@@H]2[C@@](C)(O)C(=O)[C@@H](C)C/C=C\[C@H]2[C@@H]3O[C@]3(C)[C@@H](C)[C@H]3[C@H](Cc4ccccc4)NC(=O)[C@@]312. The van der Waals surface area contributed by atoms with Crippen LogP contribution in [0.4, 0.5) is 0 Å². The summed E-state index contributed by atoms with van der Waals surface area (Å²) in [5.41, 5.74) is -2.29. The van der Waals surface area contributed by atoms with Crippen molar-refractivity contribution in [3.05, 3.63) is 48.0 Å². The summed E-state index contributed by atoms with van der Waals surface area (Å²) in [6.45, 7) is 8.79. The Labute approximate surface area is 223 Å². The van der Waals surface area contributed by atoms with Crippen molar-refractivity contribution in [3.8, 4) is 0 Å². The predicted molar refractivity (Wildman–Crippen MR) is 137 cm³/mol. The van der Waals surface area contributed by atoms with Crippen LogP contribution in [0.5, 0.6) is 0 Å². The minimum atomic E-state index is -1.77. The van der Waals surface area contributed by atoms with Gasteiger partial charge < -0.3 is 24.6 Å². The van der Waals surface area contributed by atoms with Crippen molar-refractivity contribution in [2.24, 2.45) is 29.1 Å². The number of amides is 1. The Morgan fingerprint density at radius 2 is 1.87 bits per heavy atom. The highest BCUT2D eigenvalue weighted by Gasteiger charge is 2.81. The van der Waals surface area contributed by atoms with Gasteiger partial charge >= 0.3 is 5.97 Å². The van der Waals surface area contributed by atoms with E-state index in [1.807, 2.05) is 42.5 Å². The normalized spacial score (nSPS) is 49.8. The van der Waals surface area contributed by atoms with E-state index >= 15 is 0 Å². The summed E-state index contributed by atoms with van der Waals surface area (Å²) in [7, 11) is 0. The molecule has 1 amide bonds. The third-order valence-corrected chi connectivity index (χ3v) is 10.1. The fraction of sp³-hybridized carbons (Fsp3) is 0.633. The standard InChI is InChI=1S/C30H37NO7/c1-15-10-9-13-19-24-29(5,38-24)16(2)21-20(14-18-11-7-6-8-12-18)31-27(34)30(19,21)26(36-17(3)32)22-25(37-22)28(4,35)23(15)33/h6-9,11-13,15-16,19-22,24-26,35H,10,14H2,1-5H3,(H,31,34)/b13-9-/t15-,16-,19-,20-,21-,22+,24-,25-,26+,28-,29+,30-/m0/s1. The summed E-state index contributed by atoms with van der Waals surface area (Å²) in [6, 6.07) is 9.80. The van der Waals surface area contributed by atoms with Gasteiger partial charge in [0.25, 0.3) is 0 Å². The molecule has 1 spiro atoms. The first kappa shape index (κ1) is 25.7. The van der Waals surface area contributed by atoms with Crippen molar-refractivity contribution in [2.75, 3.05) is 0 Å². The number of rotatable bonds is 3. The molecule has 6 rings (SSSR count). The number of benzene rings is 1. The number of esters is 1. The number of aliphatic hydroxyl groups is 1. The van der Waals surface area contributed by atoms with Crippen molar-refractivity contribution >= 4 is 17.7 Å². The summed E-state index contributed by atoms with van der Waals surface area (Å²) in [4.78, 5) is 40.2. The topological polar surface area (TPSA) is 118 Å². The molecular formula is C30H37NO7. The molecule has 12 atom stereocenters. The second-order valence-corrected chi connectivity index (χ2v) is 12.4. The van der Waals surface area contributed by atoms with Gasteiger partial charge in [-0.1, -0.05) is 56.3 Å². The second kappa shape index (κ2) is 8.47. The Bertz CT molecular complexity index is 1200. The van der Waals surface area contributed by atoms with E-state index in [0.29, 0.717) is 12.8 Å².